The molecule has 1 aromatic heterocycles. The lowest BCUT2D eigenvalue weighted by molar-refractivity contribution is 0.870. The van der Waals surface area contributed by atoms with Gasteiger partial charge in [0, 0.05) is 20.0 Å². The monoisotopic (exact) mass is 165 g/mol. The minimum atomic E-state index is 0.290. The Morgan fingerprint density at radius 3 is 2.75 bits per heavy atom. The van der Waals surface area contributed by atoms with E-state index in [1.165, 1.54) is 0 Å². The number of hydrogen-bond donors (Lipinski definition) is 1. The molecule has 0 spiro atoms. The van der Waals surface area contributed by atoms with Crippen LogP contribution in [0.1, 0.15) is 18.7 Å². The number of rotatable bonds is 3. The Kier molecular flexibility index (Phi) is 2.53. The molecule has 0 amide bonds. The van der Waals surface area contributed by atoms with Crippen LogP contribution in [0.4, 0.5) is 5.82 Å². The van der Waals surface area contributed by atoms with Crippen molar-refractivity contribution in [2.45, 2.75) is 12.8 Å². The quantitative estimate of drug-likeness (QED) is 0.692. The first-order valence-corrected chi connectivity index (χ1v) is 4.00. The third-order valence-electron chi connectivity index (χ3n) is 1.85. The summed E-state index contributed by atoms with van der Waals surface area (Å²) in [5.41, 5.74) is 0. The zero-order valence-corrected chi connectivity index (χ0v) is 7.83. The second-order valence-electron chi connectivity index (χ2n) is 3.07. The van der Waals surface area contributed by atoms with E-state index in [0.717, 1.165) is 11.6 Å². The molecule has 1 heterocycles. The summed E-state index contributed by atoms with van der Waals surface area (Å²) in [7, 11) is 3.96. The van der Waals surface area contributed by atoms with Gasteiger partial charge in [0.2, 0.25) is 0 Å². The van der Waals surface area contributed by atoms with Crippen molar-refractivity contribution in [2.75, 3.05) is 19.0 Å². The predicted octanol–water partition coefficient (Wildman–Crippen LogP) is 1.77. The summed E-state index contributed by atoms with van der Waals surface area (Å²) >= 11 is 0. The van der Waals surface area contributed by atoms with Crippen molar-refractivity contribution >= 4 is 5.82 Å². The van der Waals surface area contributed by atoms with E-state index >= 15 is 0 Å². The molecule has 1 unspecified atom stereocenters. The maximum absolute atomic E-state index is 4.24. The third kappa shape index (κ3) is 1.67. The van der Waals surface area contributed by atoms with Crippen LogP contribution < -0.4 is 4.90 Å². The summed E-state index contributed by atoms with van der Waals surface area (Å²) in [5, 5.41) is 0. The Morgan fingerprint density at radius 2 is 2.33 bits per heavy atom. The maximum Gasteiger partial charge on any atom is 0.125 e. The Balaban J connectivity index is 2.83. The van der Waals surface area contributed by atoms with Crippen molar-refractivity contribution in [3.8, 4) is 0 Å². The van der Waals surface area contributed by atoms with E-state index in [4.69, 9.17) is 0 Å². The molecule has 0 fully saturated rings. The smallest absolute Gasteiger partial charge is 0.125 e. The molecule has 3 nitrogen and oxygen atoms in total. The lowest BCUT2D eigenvalue weighted by Crippen LogP contribution is -2.08. The lowest BCUT2D eigenvalue weighted by atomic mass is 10.2. The number of hydrogen-bond acceptors (Lipinski definition) is 2. The second kappa shape index (κ2) is 3.43. The van der Waals surface area contributed by atoms with Crippen molar-refractivity contribution in [2.24, 2.45) is 0 Å². The molecule has 0 saturated carbocycles. The normalized spacial score (nSPS) is 12.6. The molecule has 1 N–H and O–H groups in total. The van der Waals surface area contributed by atoms with E-state index in [1.54, 1.807) is 0 Å². The fourth-order valence-electron chi connectivity index (χ4n) is 0.897. The molecular formula is C9H15N3. The highest BCUT2D eigenvalue weighted by molar-refractivity contribution is 5.35. The first kappa shape index (κ1) is 8.84. The number of aromatic nitrogens is 2. The van der Waals surface area contributed by atoms with Crippen LogP contribution in [0.15, 0.2) is 18.9 Å². The Hall–Kier alpha value is -1.25. The van der Waals surface area contributed by atoms with Crippen molar-refractivity contribution < 1.29 is 0 Å². The summed E-state index contributed by atoms with van der Waals surface area (Å²) in [6.07, 6.45) is 3.70. The van der Waals surface area contributed by atoms with E-state index in [9.17, 15) is 0 Å². The van der Waals surface area contributed by atoms with Gasteiger partial charge in [0.1, 0.15) is 11.6 Å². The van der Waals surface area contributed by atoms with Gasteiger partial charge in [-0.1, -0.05) is 13.0 Å². The van der Waals surface area contributed by atoms with Crippen LogP contribution in [0.5, 0.6) is 0 Å². The SMILES string of the molecule is C=CC(C)c1ncc(N(C)C)[nH]1. The van der Waals surface area contributed by atoms with Crippen molar-refractivity contribution in [1.82, 2.24) is 9.97 Å². The third-order valence-corrected chi connectivity index (χ3v) is 1.85. The van der Waals surface area contributed by atoms with E-state index in [2.05, 4.69) is 23.5 Å². The maximum atomic E-state index is 4.24. The van der Waals surface area contributed by atoms with Gasteiger partial charge in [-0.05, 0) is 0 Å². The van der Waals surface area contributed by atoms with Gasteiger partial charge >= 0.3 is 0 Å². The summed E-state index contributed by atoms with van der Waals surface area (Å²) in [4.78, 5) is 9.44. The molecule has 1 aromatic rings. The van der Waals surface area contributed by atoms with Crippen molar-refractivity contribution in [3.63, 3.8) is 0 Å². The van der Waals surface area contributed by atoms with Gasteiger partial charge in [0.15, 0.2) is 0 Å². The largest absolute Gasteiger partial charge is 0.363 e. The Bertz CT molecular complexity index is 262. The number of aromatic amines is 1. The predicted molar refractivity (Wildman–Crippen MR) is 51.5 cm³/mol. The topological polar surface area (TPSA) is 31.9 Å². The lowest BCUT2D eigenvalue weighted by Gasteiger charge is -2.07. The molecule has 0 aliphatic carbocycles. The molecule has 0 aliphatic rings. The standard InChI is InChI=1S/C9H15N3/c1-5-7(2)9-10-6-8(11-9)12(3)4/h5-7H,1H2,2-4H3,(H,10,11). The van der Waals surface area contributed by atoms with Crippen molar-refractivity contribution in [3.05, 3.63) is 24.7 Å². The summed E-state index contributed by atoms with van der Waals surface area (Å²) in [6.45, 7) is 5.78. The van der Waals surface area contributed by atoms with E-state index in [0.29, 0.717) is 5.92 Å². The van der Waals surface area contributed by atoms with E-state index < -0.39 is 0 Å². The number of H-pyrrole nitrogens is 1. The highest BCUT2D eigenvalue weighted by atomic mass is 15.2. The minimum Gasteiger partial charge on any atom is -0.363 e. The second-order valence-corrected chi connectivity index (χ2v) is 3.07. The van der Waals surface area contributed by atoms with Gasteiger partial charge in [-0.15, -0.1) is 6.58 Å². The molecule has 1 atom stereocenters. The van der Waals surface area contributed by atoms with Crippen LogP contribution in [-0.2, 0) is 0 Å². The highest BCUT2D eigenvalue weighted by Crippen LogP contribution is 2.15. The Labute approximate surface area is 73.1 Å². The fourth-order valence-corrected chi connectivity index (χ4v) is 0.897. The van der Waals surface area contributed by atoms with Crippen LogP contribution >= 0.6 is 0 Å². The Morgan fingerprint density at radius 1 is 1.67 bits per heavy atom. The summed E-state index contributed by atoms with van der Waals surface area (Å²) in [6, 6.07) is 0. The van der Waals surface area contributed by atoms with Gasteiger partial charge in [0.25, 0.3) is 0 Å². The van der Waals surface area contributed by atoms with Crippen LogP contribution in [0, 0.1) is 0 Å². The molecule has 0 bridgehead atoms. The zero-order chi connectivity index (χ0) is 9.14. The van der Waals surface area contributed by atoms with Crippen LogP contribution in [0.2, 0.25) is 0 Å². The van der Waals surface area contributed by atoms with Gasteiger partial charge in [-0.2, -0.15) is 0 Å². The first-order valence-electron chi connectivity index (χ1n) is 4.00. The van der Waals surface area contributed by atoms with E-state index in [-0.39, 0.29) is 0 Å². The van der Waals surface area contributed by atoms with Crippen LogP contribution in [0.25, 0.3) is 0 Å². The van der Waals surface area contributed by atoms with E-state index in [1.807, 2.05) is 31.3 Å². The van der Waals surface area contributed by atoms with Crippen molar-refractivity contribution in [1.29, 1.82) is 0 Å². The fraction of sp³-hybridized carbons (Fsp3) is 0.444. The number of anilines is 1. The zero-order valence-electron chi connectivity index (χ0n) is 7.83. The molecule has 3 heteroatoms. The van der Waals surface area contributed by atoms with Crippen LogP contribution in [-0.4, -0.2) is 24.1 Å². The number of nitrogens with zero attached hydrogens (tertiary/aromatic N) is 2. The number of nitrogens with one attached hydrogen (secondary N) is 1. The molecular weight excluding hydrogens is 150 g/mol. The molecule has 1 rings (SSSR count). The minimum absolute atomic E-state index is 0.290. The summed E-state index contributed by atoms with van der Waals surface area (Å²) in [5.74, 6) is 2.28. The molecule has 66 valence electrons. The molecule has 0 aromatic carbocycles. The first-order chi connectivity index (χ1) is 5.65. The molecule has 0 radical (unpaired) electrons. The number of imidazole rings is 1. The molecule has 12 heavy (non-hydrogen) atoms. The number of allylic oxidation sites excluding steroid dienone is 1. The summed E-state index contributed by atoms with van der Waals surface area (Å²) < 4.78 is 0. The van der Waals surface area contributed by atoms with Gasteiger partial charge in [-0.25, -0.2) is 4.98 Å². The highest BCUT2D eigenvalue weighted by Gasteiger charge is 2.05. The van der Waals surface area contributed by atoms with Gasteiger partial charge in [0.05, 0.1) is 6.20 Å². The van der Waals surface area contributed by atoms with Crippen LogP contribution in [0.3, 0.4) is 0 Å². The van der Waals surface area contributed by atoms with Gasteiger partial charge < -0.3 is 9.88 Å². The van der Waals surface area contributed by atoms with Gasteiger partial charge in [-0.3, -0.25) is 0 Å². The molecule has 0 saturated heterocycles. The average Bonchev–Trinajstić information content (AvgIpc) is 2.51. The average molecular weight is 165 g/mol. The molecule has 0 aliphatic heterocycles.